The standard InChI is InChI=1S/C46H36N4/c1-3-13-33(14-4-1)44-48-45(34-15-5-2-6-16-34)50-46(49-44)38-28-36(31-22-24-32(25-23-31)43-21-11-12-26-47-43)27-37(29-38)42-30-35-17-7-8-18-39(35)40-19-9-10-20-41(40)42/h1-5,7-8,10-15,17-18,20-29,35H,6,9,16,19,30H2. The molecule has 3 aromatic carbocycles. The molecule has 4 nitrogen and oxygen atoms in total. The summed E-state index contributed by atoms with van der Waals surface area (Å²) < 4.78 is 0. The van der Waals surface area contributed by atoms with Crippen molar-refractivity contribution in [3.63, 3.8) is 0 Å². The minimum Gasteiger partial charge on any atom is -0.256 e. The number of hydrogen-bond acceptors (Lipinski definition) is 4. The Labute approximate surface area is 293 Å². The zero-order valence-corrected chi connectivity index (χ0v) is 27.8. The number of allylic oxidation sites excluding steroid dienone is 14. The van der Waals surface area contributed by atoms with Crippen LogP contribution in [0.4, 0.5) is 0 Å². The summed E-state index contributed by atoms with van der Waals surface area (Å²) in [7, 11) is 0. The molecule has 240 valence electrons. The summed E-state index contributed by atoms with van der Waals surface area (Å²) >= 11 is 0. The number of fused-ring (bicyclic) bond motifs is 2. The van der Waals surface area contributed by atoms with Gasteiger partial charge in [0.1, 0.15) is 0 Å². The number of nitrogens with zero attached hydrogens (tertiary/aromatic N) is 4. The summed E-state index contributed by atoms with van der Waals surface area (Å²) in [6.45, 7) is 0. The van der Waals surface area contributed by atoms with Crippen LogP contribution in [0.3, 0.4) is 0 Å². The second kappa shape index (κ2) is 13.1. The molecule has 1 unspecified atom stereocenters. The Morgan fingerprint density at radius 2 is 1.30 bits per heavy atom. The summed E-state index contributed by atoms with van der Waals surface area (Å²) in [6, 6.07) is 32.0. The Morgan fingerprint density at radius 1 is 0.540 bits per heavy atom. The van der Waals surface area contributed by atoms with Gasteiger partial charge in [-0.25, -0.2) is 15.0 Å². The molecule has 4 aliphatic rings. The van der Waals surface area contributed by atoms with Gasteiger partial charge in [0.05, 0.1) is 5.69 Å². The SMILES string of the molecule is C1=CCCC(c2nc(-c3ccccc3)nc(-c3cc(C4=C5C=CCCC5=C5C=CC=CC5C4)cc(-c4ccc(-c5ccccn5)cc4)c3)n2)=C1. The van der Waals surface area contributed by atoms with Crippen molar-refractivity contribution >= 4 is 11.1 Å². The van der Waals surface area contributed by atoms with Gasteiger partial charge in [-0.1, -0.05) is 115 Å². The predicted molar refractivity (Wildman–Crippen MR) is 204 cm³/mol. The van der Waals surface area contributed by atoms with Gasteiger partial charge in [-0.15, -0.1) is 0 Å². The molecule has 0 saturated carbocycles. The average molecular weight is 645 g/mol. The Hall–Kier alpha value is -6.00. The Morgan fingerprint density at radius 3 is 2.12 bits per heavy atom. The van der Waals surface area contributed by atoms with Crippen molar-refractivity contribution in [1.82, 2.24) is 19.9 Å². The molecule has 9 rings (SSSR count). The highest BCUT2D eigenvalue weighted by Gasteiger charge is 2.28. The molecule has 50 heavy (non-hydrogen) atoms. The molecule has 5 aromatic rings. The van der Waals surface area contributed by atoms with Crippen LogP contribution in [0.5, 0.6) is 0 Å². The quantitative estimate of drug-likeness (QED) is 0.185. The van der Waals surface area contributed by atoms with Gasteiger partial charge < -0.3 is 0 Å². The first-order valence-electron chi connectivity index (χ1n) is 17.6. The fraction of sp³-hybridized carbons (Fsp3) is 0.130. The van der Waals surface area contributed by atoms with Crippen LogP contribution in [0.15, 0.2) is 169 Å². The fourth-order valence-electron chi connectivity index (χ4n) is 7.56. The number of hydrogen-bond donors (Lipinski definition) is 0. The van der Waals surface area contributed by atoms with E-state index in [1.807, 2.05) is 36.5 Å². The minimum absolute atomic E-state index is 0.379. The molecule has 4 heteroatoms. The lowest BCUT2D eigenvalue weighted by Crippen LogP contribution is -2.15. The second-order valence-corrected chi connectivity index (χ2v) is 13.2. The van der Waals surface area contributed by atoms with E-state index in [0.29, 0.717) is 17.6 Å². The van der Waals surface area contributed by atoms with E-state index in [0.717, 1.165) is 77.0 Å². The van der Waals surface area contributed by atoms with Crippen molar-refractivity contribution in [2.75, 3.05) is 0 Å². The lowest BCUT2D eigenvalue weighted by Gasteiger charge is -2.32. The third-order valence-electron chi connectivity index (χ3n) is 10.1. The third-order valence-corrected chi connectivity index (χ3v) is 10.1. The van der Waals surface area contributed by atoms with Crippen molar-refractivity contribution in [1.29, 1.82) is 0 Å². The van der Waals surface area contributed by atoms with E-state index in [1.54, 1.807) is 0 Å². The molecule has 0 radical (unpaired) electrons. The van der Waals surface area contributed by atoms with Crippen LogP contribution in [0.1, 0.15) is 43.5 Å². The van der Waals surface area contributed by atoms with E-state index in [9.17, 15) is 0 Å². The molecule has 4 aliphatic carbocycles. The van der Waals surface area contributed by atoms with Gasteiger partial charge in [0.25, 0.3) is 0 Å². The maximum Gasteiger partial charge on any atom is 0.164 e. The molecule has 1 atom stereocenters. The number of pyridine rings is 1. The molecule has 0 saturated heterocycles. The highest BCUT2D eigenvalue weighted by molar-refractivity contribution is 5.85. The van der Waals surface area contributed by atoms with E-state index < -0.39 is 0 Å². The molecule has 0 spiro atoms. The van der Waals surface area contributed by atoms with Crippen LogP contribution in [0.25, 0.3) is 56.3 Å². The second-order valence-electron chi connectivity index (χ2n) is 13.2. The molecule has 0 N–H and O–H groups in total. The smallest absolute Gasteiger partial charge is 0.164 e. The lowest BCUT2D eigenvalue weighted by atomic mass is 9.72. The first-order valence-corrected chi connectivity index (χ1v) is 17.6. The van der Waals surface area contributed by atoms with Crippen LogP contribution >= 0.6 is 0 Å². The highest BCUT2D eigenvalue weighted by atomic mass is 15.0. The number of aromatic nitrogens is 4. The molecular weight excluding hydrogens is 609 g/mol. The number of benzene rings is 3. The van der Waals surface area contributed by atoms with E-state index in [1.165, 1.54) is 27.9 Å². The van der Waals surface area contributed by atoms with Crippen LogP contribution in [-0.4, -0.2) is 19.9 Å². The monoisotopic (exact) mass is 644 g/mol. The first kappa shape index (κ1) is 30.1. The van der Waals surface area contributed by atoms with Crippen LogP contribution in [-0.2, 0) is 0 Å². The van der Waals surface area contributed by atoms with Gasteiger partial charge in [-0.05, 0) is 107 Å². The van der Waals surface area contributed by atoms with E-state index in [-0.39, 0.29) is 0 Å². The van der Waals surface area contributed by atoms with Crippen LogP contribution in [0, 0.1) is 5.92 Å². The Kier molecular flexibility index (Phi) is 7.90. The van der Waals surface area contributed by atoms with Crippen molar-refractivity contribution in [3.05, 3.63) is 180 Å². The fourth-order valence-corrected chi connectivity index (χ4v) is 7.56. The average Bonchev–Trinajstić information content (AvgIpc) is 3.21. The molecule has 0 bridgehead atoms. The van der Waals surface area contributed by atoms with Gasteiger partial charge in [0.15, 0.2) is 17.5 Å². The first-order chi connectivity index (χ1) is 24.8. The highest BCUT2D eigenvalue weighted by Crippen LogP contribution is 2.46. The predicted octanol–water partition coefficient (Wildman–Crippen LogP) is 11.2. The topological polar surface area (TPSA) is 51.6 Å². The van der Waals surface area contributed by atoms with Crippen molar-refractivity contribution in [2.24, 2.45) is 5.92 Å². The van der Waals surface area contributed by atoms with Gasteiger partial charge in [0, 0.05) is 28.8 Å². The maximum atomic E-state index is 5.18. The minimum atomic E-state index is 0.379. The van der Waals surface area contributed by atoms with Gasteiger partial charge in [-0.3, -0.25) is 4.98 Å². The van der Waals surface area contributed by atoms with Gasteiger partial charge in [-0.2, -0.15) is 0 Å². The third kappa shape index (κ3) is 5.83. The molecule has 0 aliphatic heterocycles. The summed E-state index contributed by atoms with van der Waals surface area (Å²) in [5.74, 6) is 2.50. The molecule has 0 fully saturated rings. The lowest BCUT2D eigenvalue weighted by molar-refractivity contribution is 0.755. The van der Waals surface area contributed by atoms with Crippen molar-refractivity contribution < 1.29 is 0 Å². The molecule has 2 heterocycles. The molecule has 2 aromatic heterocycles. The van der Waals surface area contributed by atoms with E-state index >= 15 is 0 Å². The summed E-state index contributed by atoms with van der Waals surface area (Å²) in [6.07, 6.45) is 27.1. The molecule has 0 amide bonds. The summed E-state index contributed by atoms with van der Waals surface area (Å²) in [5.41, 5.74) is 14.4. The van der Waals surface area contributed by atoms with Crippen molar-refractivity contribution in [2.45, 2.75) is 32.1 Å². The summed E-state index contributed by atoms with van der Waals surface area (Å²) in [5, 5.41) is 0. The van der Waals surface area contributed by atoms with E-state index in [4.69, 9.17) is 15.0 Å². The summed E-state index contributed by atoms with van der Waals surface area (Å²) in [4.78, 5) is 19.9. The maximum absolute atomic E-state index is 5.18. The van der Waals surface area contributed by atoms with Crippen molar-refractivity contribution in [3.8, 4) is 45.2 Å². The van der Waals surface area contributed by atoms with Crippen LogP contribution in [0.2, 0.25) is 0 Å². The Bertz CT molecular complexity index is 2320. The zero-order valence-electron chi connectivity index (χ0n) is 27.8. The largest absolute Gasteiger partial charge is 0.256 e. The van der Waals surface area contributed by atoms with Gasteiger partial charge in [0.2, 0.25) is 0 Å². The molecular formula is C46H36N4. The van der Waals surface area contributed by atoms with E-state index in [2.05, 4.69) is 120 Å². The zero-order chi connectivity index (χ0) is 33.3. The van der Waals surface area contributed by atoms with Gasteiger partial charge >= 0.3 is 0 Å². The normalized spacial score (nSPS) is 17.8. The Balaban J connectivity index is 1.24. The van der Waals surface area contributed by atoms with Crippen LogP contribution < -0.4 is 0 Å². The number of rotatable bonds is 6.